The van der Waals surface area contributed by atoms with Gasteiger partial charge in [0.05, 0.1) is 39.5 Å². The van der Waals surface area contributed by atoms with Crippen molar-refractivity contribution in [3.63, 3.8) is 0 Å². The number of amides is 1. The molecule has 5 heterocycles. The van der Waals surface area contributed by atoms with E-state index in [9.17, 15) is 4.79 Å². The van der Waals surface area contributed by atoms with E-state index >= 15 is 0 Å². The molecule has 3 aromatic rings. The van der Waals surface area contributed by atoms with Crippen LogP contribution in [0, 0.1) is 19.3 Å². The summed E-state index contributed by atoms with van der Waals surface area (Å²) >= 11 is 3.17. The molecule has 0 radical (unpaired) electrons. The predicted octanol–water partition coefficient (Wildman–Crippen LogP) is 4.82. The summed E-state index contributed by atoms with van der Waals surface area (Å²) in [6, 6.07) is 4.08. The van der Waals surface area contributed by atoms with Gasteiger partial charge in [0.25, 0.3) is 5.91 Å². The summed E-state index contributed by atoms with van der Waals surface area (Å²) in [5, 5.41) is 14.2. The van der Waals surface area contributed by atoms with E-state index < -0.39 is 0 Å². The zero-order valence-corrected chi connectivity index (χ0v) is 20.2. The number of pyridine rings is 1. The number of aromatic nitrogens is 3. The van der Waals surface area contributed by atoms with Gasteiger partial charge in [0.15, 0.2) is 5.13 Å². The average Bonchev–Trinajstić information content (AvgIpc) is 3.47. The molecule has 5 rings (SSSR count). The van der Waals surface area contributed by atoms with Gasteiger partial charge in [-0.15, -0.1) is 22.7 Å². The van der Waals surface area contributed by atoms with Crippen LogP contribution in [0.1, 0.15) is 46.7 Å². The molecule has 2 N–H and O–H groups in total. The monoisotopic (exact) mass is 482 g/mol. The van der Waals surface area contributed by atoms with Gasteiger partial charge in [0, 0.05) is 29.9 Å². The maximum atomic E-state index is 13.2. The minimum Gasteiger partial charge on any atom is -0.372 e. The van der Waals surface area contributed by atoms with E-state index in [4.69, 9.17) is 10.1 Å². The van der Waals surface area contributed by atoms with Crippen LogP contribution in [0.2, 0.25) is 0 Å². The van der Waals surface area contributed by atoms with Crippen molar-refractivity contribution in [1.29, 1.82) is 5.41 Å². The van der Waals surface area contributed by atoms with Gasteiger partial charge in [-0.25, -0.2) is 15.0 Å². The Balaban J connectivity index is 1.24. The summed E-state index contributed by atoms with van der Waals surface area (Å²) in [7, 11) is 0. The summed E-state index contributed by atoms with van der Waals surface area (Å²) in [6.45, 7) is 4.35. The Hall–Kier alpha value is -2.69. The van der Waals surface area contributed by atoms with Crippen molar-refractivity contribution >= 4 is 45.7 Å². The van der Waals surface area contributed by atoms with Crippen LogP contribution in [0.3, 0.4) is 0 Å². The molecule has 172 valence electrons. The van der Waals surface area contributed by atoms with Crippen LogP contribution < -0.4 is 5.32 Å². The van der Waals surface area contributed by atoms with Crippen molar-refractivity contribution in [3.8, 4) is 10.6 Å². The van der Waals surface area contributed by atoms with Gasteiger partial charge >= 0.3 is 0 Å². The zero-order valence-electron chi connectivity index (χ0n) is 18.6. The first kappa shape index (κ1) is 22.1. The Kier molecular flexibility index (Phi) is 6.22. The highest BCUT2D eigenvalue weighted by Gasteiger charge is 2.43. The van der Waals surface area contributed by atoms with Gasteiger partial charge in [-0.2, -0.15) is 0 Å². The summed E-state index contributed by atoms with van der Waals surface area (Å²) < 4.78 is 5.75. The Morgan fingerprint density at radius 1 is 1.27 bits per heavy atom. The van der Waals surface area contributed by atoms with Crippen molar-refractivity contribution in [2.45, 2.75) is 57.7 Å². The lowest BCUT2D eigenvalue weighted by molar-refractivity contribution is -0.00000331. The molecule has 8 nitrogen and oxygen atoms in total. The smallest absolute Gasteiger partial charge is 0.255 e. The molecule has 3 atom stereocenters. The highest BCUT2D eigenvalue weighted by Crippen LogP contribution is 2.38. The van der Waals surface area contributed by atoms with Crippen LogP contribution in [0.4, 0.5) is 10.9 Å². The second-order valence-corrected chi connectivity index (χ2v) is 10.5. The number of carbonyl (C=O) groups excluding carboxylic acids is 1. The normalized spacial score (nSPS) is 21.9. The van der Waals surface area contributed by atoms with Gasteiger partial charge < -0.3 is 20.4 Å². The second-order valence-electron chi connectivity index (χ2n) is 8.47. The van der Waals surface area contributed by atoms with Crippen LogP contribution in [-0.2, 0) is 4.74 Å². The fraction of sp³-hybridized carbons (Fsp3) is 0.435. The molecule has 0 saturated carbocycles. The number of hydrogen-bond acceptors (Lipinski definition) is 9. The van der Waals surface area contributed by atoms with E-state index in [1.807, 2.05) is 36.3 Å². The number of nitrogens with zero attached hydrogens (tertiary/aromatic N) is 4. The Labute approximate surface area is 200 Å². The molecule has 1 amide bonds. The standard InChI is InChI=1S/C23H26N6O2S2/c1-13-21(33-14(2)26-13)19-12-32-23(27-19)28-20-6-3-15(11-25-20)22(30)29-16-4-5-17(29)10-18(9-16)31-8-7-24/h3,6-7,11-12,16-18,24H,4-5,8-10H2,1-2H3,(H,25,27,28)/t16-,17+,18?. The molecule has 0 aliphatic carbocycles. The summed E-state index contributed by atoms with van der Waals surface area (Å²) in [5.74, 6) is 0.700. The fourth-order valence-electron chi connectivity index (χ4n) is 4.84. The van der Waals surface area contributed by atoms with Gasteiger partial charge in [-0.1, -0.05) is 0 Å². The Morgan fingerprint density at radius 2 is 2.06 bits per heavy atom. The molecule has 3 aromatic heterocycles. The van der Waals surface area contributed by atoms with Crippen molar-refractivity contribution < 1.29 is 9.53 Å². The summed E-state index contributed by atoms with van der Waals surface area (Å²) in [4.78, 5) is 30.0. The van der Waals surface area contributed by atoms with E-state index in [1.54, 1.807) is 17.5 Å². The molecule has 10 heteroatoms. The number of ether oxygens (including phenoxy) is 1. The maximum Gasteiger partial charge on any atom is 0.255 e. The number of rotatable bonds is 7. The first-order chi connectivity index (χ1) is 16.0. The first-order valence-electron chi connectivity index (χ1n) is 11.1. The minimum absolute atomic E-state index is 0.0413. The lowest BCUT2D eigenvalue weighted by Gasteiger charge is -2.38. The van der Waals surface area contributed by atoms with Gasteiger partial charge in [-0.05, 0) is 51.7 Å². The SMILES string of the molecule is Cc1nc(C)c(-c2csc(Nc3ccc(C(=O)N4[C@@H]5CC[C@H]4CC(OCC=N)C5)cn3)n2)s1. The zero-order chi connectivity index (χ0) is 22.9. The fourth-order valence-corrected chi connectivity index (χ4v) is 6.50. The number of thiazole rings is 2. The molecule has 1 unspecified atom stereocenters. The number of nitrogens with one attached hydrogen (secondary N) is 2. The maximum absolute atomic E-state index is 13.2. The number of hydrogen-bond donors (Lipinski definition) is 2. The van der Waals surface area contributed by atoms with Crippen LogP contribution in [-0.4, -0.2) is 56.8 Å². The first-order valence-corrected chi connectivity index (χ1v) is 12.8. The number of fused-ring (bicyclic) bond motifs is 2. The quantitative estimate of drug-likeness (QED) is 0.468. The predicted molar refractivity (Wildman–Crippen MR) is 131 cm³/mol. The van der Waals surface area contributed by atoms with E-state index in [1.165, 1.54) is 17.6 Å². The topological polar surface area (TPSA) is 104 Å². The van der Waals surface area contributed by atoms with E-state index in [-0.39, 0.29) is 24.1 Å². The highest BCUT2D eigenvalue weighted by molar-refractivity contribution is 7.16. The second kappa shape index (κ2) is 9.28. The summed E-state index contributed by atoms with van der Waals surface area (Å²) in [6.07, 6.45) is 6.78. The number of aryl methyl sites for hydroxylation is 2. The molecular formula is C23H26N6O2S2. The average molecular weight is 483 g/mol. The molecule has 2 saturated heterocycles. The molecule has 2 bridgehead atoms. The van der Waals surface area contributed by atoms with Crippen LogP contribution >= 0.6 is 22.7 Å². The third-order valence-corrected chi connectivity index (χ3v) is 8.08. The van der Waals surface area contributed by atoms with Gasteiger partial charge in [0.2, 0.25) is 0 Å². The lowest BCUT2D eigenvalue weighted by atomic mass is 9.98. The van der Waals surface area contributed by atoms with Crippen molar-refractivity contribution in [2.24, 2.45) is 0 Å². The van der Waals surface area contributed by atoms with Crippen molar-refractivity contribution in [3.05, 3.63) is 40.0 Å². The molecule has 0 spiro atoms. The molecule has 2 fully saturated rings. The van der Waals surface area contributed by atoms with E-state index in [0.29, 0.717) is 18.0 Å². The molecule has 33 heavy (non-hydrogen) atoms. The van der Waals surface area contributed by atoms with E-state index in [2.05, 4.69) is 20.3 Å². The van der Waals surface area contributed by atoms with E-state index in [0.717, 1.165) is 52.1 Å². The Bertz CT molecular complexity index is 1140. The number of anilines is 2. The van der Waals surface area contributed by atoms with Crippen molar-refractivity contribution in [1.82, 2.24) is 19.9 Å². The highest BCUT2D eigenvalue weighted by atomic mass is 32.1. The minimum atomic E-state index is 0.0413. The van der Waals surface area contributed by atoms with Crippen molar-refractivity contribution in [2.75, 3.05) is 11.9 Å². The molecule has 0 aromatic carbocycles. The molecule has 2 aliphatic rings. The van der Waals surface area contributed by atoms with Gasteiger partial charge in [0.1, 0.15) is 5.82 Å². The third-order valence-electron chi connectivity index (χ3n) is 6.23. The van der Waals surface area contributed by atoms with Gasteiger partial charge in [-0.3, -0.25) is 4.79 Å². The molecule has 2 aliphatic heterocycles. The molecular weight excluding hydrogens is 456 g/mol. The lowest BCUT2D eigenvalue weighted by Crippen LogP contribution is -2.48. The Morgan fingerprint density at radius 3 is 2.70 bits per heavy atom. The van der Waals surface area contributed by atoms with Crippen LogP contribution in [0.15, 0.2) is 23.7 Å². The number of piperidine rings is 1. The number of carbonyl (C=O) groups is 1. The third kappa shape index (κ3) is 4.55. The summed E-state index contributed by atoms with van der Waals surface area (Å²) in [5.41, 5.74) is 2.52. The largest absolute Gasteiger partial charge is 0.372 e. The van der Waals surface area contributed by atoms with Crippen LogP contribution in [0.5, 0.6) is 0 Å². The van der Waals surface area contributed by atoms with Crippen LogP contribution in [0.25, 0.3) is 10.6 Å².